The van der Waals surface area contributed by atoms with E-state index in [1.165, 1.54) is 5.56 Å². The van der Waals surface area contributed by atoms with Crippen molar-refractivity contribution in [3.8, 4) is 0 Å². The molecule has 1 aliphatic rings. The lowest BCUT2D eigenvalue weighted by molar-refractivity contribution is -0.139. The molecule has 0 spiro atoms. The van der Waals surface area contributed by atoms with Crippen molar-refractivity contribution in [2.75, 3.05) is 13.2 Å². The monoisotopic (exact) mass is 349 g/mol. The third-order valence-electron chi connectivity index (χ3n) is 4.07. The lowest BCUT2D eigenvalue weighted by Crippen LogP contribution is -2.44. The zero-order valence-corrected chi connectivity index (χ0v) is 15.1. The molecule has 1 fully saturated rings. The van der Waals surface area contributed by atoms with Gasteiger partial charge in [0.15, 0.2) is 0 Å². The number of benzene rings is 1. The Hall–Kier alpha value is -2.08. The zero-order valence-electron chi connectivity index (χ0n) is 15.1. The van der Waals surface area contributed by atoms with Crippen molar-refractivity contribution in [3.63, 3.8) is 0 Å². The predicted octanol–water partition coefficient (Wildman–Crippen LogP) is 3.10. The number of rotatable bonds is 5. The Bertz CT molecular complexity index is 602. The molecule has 138 valence electrons. The lowest BCUT2D eigenvalue weighted by atomic mass is 9.90. The van der Waals surface area contributed by atoms with Crippen LogP contribution in [0, 0.1) is 0 Å². The highest BCUT2D eigenvalue weighted by atomic mass is 16.6. The number of carboxylic acid groups (broad SMARTS) is 1. The maximum absolute atomic E-state index is 11.9. The maximum Gasteiger partial charge on any atom is 0.408 e. The Kier molecular flexibility index (Phi) is 6.42. The molecule has 0 aliphatic carbocycles. The van der Waals surface area contributed by atoms with Crippen LogP contribution in [0.4, 0.5) is 4.79 Å². The zero-order chi connectivity index (χ0) is 18.4. The predicted molar refractivity (Wildman–Crippen MR) is 93.7 cm³/mol. The molecule has 1 atom stereocenters. The Morgan fingerprint density at radius 3 is 2.60 bits per heavy atom. The summed E-state index contributed by atoms with van der Waals surface area (Å²) < 4.78 is 10.5. The fourth-order valence-electron chi connectivity index (χ4n) is 2.89. The van der Waals surface area contributed by atoms with E-state index in [-0.39, 0.29) is 6.42 Å². The van der Waals surface area contributed by atoms with Gasteiger partial charge >= 0.3 is 12.1 Å². The van der Waals surface area contributed by atoms with Crippen molar-refractivity contribution < 1.29 is 24.2 Å². The van der Waals surface area contributed by atoms with Crippen molar-refractivity contribution >= 4 is 12.1 Å². The maximum atomic E-state index is 11.9. The van der Waals surface area contributed by atoms with Crippen molar-refractivity contribution in [1.82, 2.24) is 5.32 Å². The molecule has 2 N–H and O–H groups in total. The van der Waals surface area contributed by atoms with E-state index in [0.29, 0.717) is 5.92 Å². The van der Waals surface area contributed by atoms with E-state index >= 15 is 0 Å². The van der Waals surface area contributed by atoms with Crippen LogP contribution < -0.4 is 5.32 Å². The van der Waals surface area contributed by atoms with Gasteiger partial charge in [-0.1, -0.05) is 24.3 Å². The molecule has 0 radical (unpaired) electrons. The molecule has 0 aromatic heterocycles. The first-order valence-electron chi connectivity index (χ1n) is 8.63. The van der Waals surface area contributed by atoms with Gasteiger partial charge in [0.2, 0.25) is 0 Å². The smallest absolute Gasteiger partial charge is 0.408 e. The molecule has 2 rings (SSSR count). The van der Waals surface area contributed by atoms with Gasteiger partial charge in [0.1, 0.15) is 11.6 Å². The van der Waals surface area contributed by atoms with Crippen molar-refractivity contribution in [2.24, 2.45) is 0 Å². The summed E-state index contributed by atoms with van der Waals surface area (Å²) in [5.41, 5.74) is 1.41. The van der Waals surface area contributed by atoms with Crippen LogP contribution in [0.1, 0.15) is 50.7 Å². The molecule has 6 heteroatoms. The van der Waals surface area contributed by atoms with Gasteiger partial charge in [0.05, 0.1) is 0 Å². The molecule has 6 nitrogen and oxygen atoms in total. The van der Waals surface area contributed by atoms with Crippen LogP contribution in [0.2, 0.25) is 0 Å². The van der Waals surface area contributed by atoms with Gasteiger partial charge in [-0.15, -0.1) is 0 Å². The van der Waals surface area contributed by atoms with E-state index in [2.05, 4.69) is 11.4 Å². The van der Waals surface area contributed by atoms with E-state index in [4.69, 9.17) is 9.47 Å². The minimum Gasteiger partial charge on any atom is -0.480 e. The Morgan fingerprint density at radius 1 is 1.32 bits per heavy atom. The first kappa shape index (κ1) is 19.2. The van der Waals surface area contributed by atoms with Crippen LogP contribution in [0.25, 0.3) is 0 Å². The Labute approximate surface area is 148 Å². The van der Waals surface area contributed by atoms with Crippen LogP contribution in [-0.2, 0) is 20.7 Å². The minimum atomic E-state index is -1.08. The van der Waals surface area contributed by atoms with Crippen molar-refractivity contribution in [3.05, 3.63) is 35.4 Å². The molecular formula is C19H27NO5. The van der Waals surface area contributed by atoms with Crippen molar-refractivity contribution in [2.45, 2.75) is 57.6 Å². The average molecular weight is 349 g/mol. The molecule has 1 aromatic rings. The summed E-state index contributed by atoms with van der Waals surface area (Å²) in [6.45, 7) is 6.72. The number of hydrogen-bond donors (Lipinski definition) is 2. The van der Waals surface area contributed by atoms with Crippen molar-refractivity contribution in [1.29, 1.82) is 0 Å². The van der Waals surface area contributed by atoms with Crippen LogP contribution in [0.5, 0.6) is 0 Å². The lowest BCUT2D eigenvalue weighted by Gasteiger charge is -2.24. The topological polar surface area (TPSA) is 84.9 Å². The molecule has 1 aliphatic heterocycles. The number of carboxylic acids is 1. The number of carbonyl (C=O) groups excluding carboxylic acids is 1. The first-order valence-corrected chi connectivity index (χ1v) is 8.63. The summed E-state index contributed by atoms with van der Waals surface area (Å²) in [5, 5.41) is 11.9. The molecular weight excluding hydrogens is 322 g/mol. The summed E-state index contributed by atoms with van der Waals surface area (Å²) in [6.07, 6.45) is 1.44. The second-order valence-electron chi connectivity index (χ2n) is 7.37. The molecule has 1 saturated heterocycles. The van der Waals surface area contributed by atoms with E-state index in [9.17, 15) is 14.7 Å². The fraction of sp³-hybridized carbons (Fsp3) is 0.579. The molecule has 1 amide bonds. The SMILES string of the molecule is CC(C)(C)OC(=O)N[C@@H](Cc1cccc(C2CCOCC2)c1)C(=O)O. The second kappa shape index (κ2) is 8.34. The number of carbonyl (C=O) groups is 2. The van der Waals surface area contributed by atoms with E-state index in [1.807, 2.05) is 18.2 Å². The summed E-state index contributed by atoms with van der Waals surface area (Å²) in [5.74, 6) is -0.641. The van der Waals surface area contributed by atoms with Gasteiger partial charge in [-0.3, -0.25) is 0 Å². The van der Waals surface area contributed by atoms with Gasteiger partial charge in [0.25, 0.3) is 0 Å². The summed E-state index contributed by atoms with van der Waals surface area (Å²) in [6, 6.07) is 6.89. The fourth-order valence-corrected chi connectivity index (χ4v) is 2.89. The molecule has 0 saturated carbocycles. The first-order chi connectivity index (χ1) is 11.7. The highest BCUT2D eigenvalue weighted by molar-refractivity contribution is 5.80. The minimum absolute atomic E-state index is 0.214. The largest absolute Gasteiger partial charge is 0.480 e. The molecule has 0 unspecified atom stereocenters. The molecule has 1 heterocycles. The van der Waals surface area contributed by atoms with E-state index in [0.717, 1.165) is 31.6 Å². The average Bonchev–Trinajstić information content (AvgIpc) is 2.53. The van der Waals surface area contributed by atoms with Crippen LogP contribution >= 0.6 is 0 Å². The normalized spacial score (nSPS) is 16.9. The Morgan fingerprint density at radius 2 is 2.00 bits per heavy atom. The van der Waals surface area contributed by atoms with Crippen LogP contribution in [0.15, 0.2) is 24.3 Å². The quantitative estimate of drug-likeness (QED) is 0.853. The highest BCUT2D eigenvalue weighted by Crippen LogP contribution is 2.27. The van der Waals surface area contributed by atoms with Gasteiger partial charge in [0, 0.05) is 19.6 Å². The number of hydrogen-bond acceptors (Lipinski definition) is 4. The van der Waals surface area contributed by atoms with Gasteiger partial charge in [-0.25, -0.2) is 9.59 Å². The summed E-state index contributed by atoms with van der Waals surface area (Å²) in [7, 11) is 0. The van der Waals surface area contributed by atoms with E-state index < -0.39 is 23.7 Å². The molecule has 25 heavy (non-hydrogen) atoms. The third-order valence-corrected chi connectivity index (χ3v) is 4.07. The number of amides is 1. The summed E-state index contributed by atoms with van der Waals surface area (Å²) >= 11 is 0. The second-order valence-corrected chi connectivity index (χ2v) is 7.37. The molecule has 0 bridgehead atoms. The van der Waals surface area contributed by atoms with Crippen LogP contribution in [0.3, 0.4) is 0 Å². The number of nitrogens with one attached hydrogen (secondary N) is 1. The highest BCUT2D eigenvalue weighted by Gasteiger charge is 2.24. The molecule has 1 aromatic carbocycles. The Balaban J connectivity index is 2.03. The van der Waals surface area contributed by atoms with Gasteiger partial charge < -0.3 is 19.9 Å². The van der Waals surface area contributed by atoms with Gasteiger partial charge in [-0.2, -0.15) is 0 Å². The number of alkyl carbamates (subject to hydrolysis) is 1. The third kappa shape index (κ3) is 6.38. The standard InChI is InChI=1S/C19H27NO5/c1-19(2,3)25-18(23)20-16(17(21)22)12-13-5-4-6-15(11-13)14-7-9-24-10-8-14/h4-6,11,14,16H,7-10,12H2,1-3H3,(H,20,23)(H,21,22)/t16-/m0/s1. The van der Waals surface area contributed by atoms with E-state index in [1.54, 1.807) is 20.8 Å². The van der Waals surface area contributed by atoms with Crippen LogP contribution in [-0.4, -0.2) is 42.0 Å². The van der Waals surface area contributed by atoms with Gasteiger partial charge in [-0.05, 0) is 50.7 Å². The number of ether oxygens (including phenoxy) is 2. The summed E-state index contributed by atoms with van der Waals surface area (Å²) in [4.78, 5) is 23.4. The number of aliphatic carboxylic acids is 1.